The summed E-state index contributed by atoms with van der Waals surface area (Å²) in [6.07, 6.45) is 2.64. The van der Waals surface area contributed by atoms with Gasteiger partial charge in [0.15, 0.2) is 5.75 Å². The van der Waals surface area contributed by atoms with E-state index in [0.717, 1.165) is 36.5 Å². The van der Waals surface area contributed by atoms with Crippen LogP contribution in [0.2, 0.25) is 10.0 Å². The molecule has 0 heterocycles. The first-order chi connectivity index (χ1) is 15.3. The molecule has 3 aromatic carbocycles. The molecule has 0 bridgehead atoms. The molecule has 0 radical (unpaired) electrons. The molecular formula is C23H20Cl2N2O5. The number of rotatable bonds is 9. The molecule has 0 fully saturated rings. The third-order valence-corrected chi connectivity index (χ3v) is 5.63. The average molecular weight is 475 g/mol. The molecule has 0 atom stereocenters. The molecule has 3 rings (SSSR count). The lowest BCUT2D eigenvalue weighted by Crippen LogP contribution is -2.05. The highest BCUT2D eigenvalue weighted by Gasteiger charge is 2.22. The summed E-state index contributed by atoms with van der Waals surface area (Å²) >= 11 is 12.0. The lowest BCUT2D eigenvalue weighted by atomic mass is 10.0. The lowest BCUT2D eigenvalue weighted by Gasteiger charge is -2.12. The topological polar surface area (TPSA) is 102 Å². The molecule has 7 nitrogen and oxygen atoms in total. The molecule has 9 heteroatoms. The number of carboxylic acids is 1. The molecule has 0 unspecified atom stereocenters. The lowest BCUT2D eigenvalue weighted by molar-refractivity contribution is -0.385. The summed E-state index contributed by atoms with van der Waals surface area (Å²) in [6, 6.07) is 15.5. The first-order valence-electron chi connectivity index (χ1n) is 9.68. The minimum atomic E-state index is -1.28. The highest BCUT2D eigenvalue weighted by molar-refractivity contribution is 6.42. The number of aromatic carboxylic acids is 1. The number of halogens is 2. The van der Waals surface area contributed by atoms with Crippen molar-refractivity contribution in [2.75, 3.05) is 12.4 Å². The van der Waals surface area contributed by atoms with Crippen LogP contribution in [-0.4, -0.2) is 23.1 Å². The van der Waals surface area contributed by atoms with Gasteiger partial charge in [0, 0.05) is 17.8 Å². The van der Waals surface area contributed by atoms with E-state index in [1.54, 1.807) is 6.07 Å². The Bertz CT molecular complexity index is 1150. The SMILES string of the molecule is COc1cc(Nc2ccc(CCCc3ccc(Cl)c(Cl)c3)cc2)c(C(=O)O)cc1[N+](=O)[O-]. The first-order valence-corrected chi connectivity index (χ1v) is 10.4. The minimum Gasteiger partial charge on any atom is -0.490 e. The number of ether oxygens (including phenoxy) is 1. The van der Waals surface area contributed by atoms with Crippen molar-refractivity contribution in [1.82, 2.24) is 0 Å². The first kappa shape index (κ1) is 23.4. The van der Waals surface area contributed by atoms with Gasteiger partial charge in [-0.25, -0.2) is 4.79 Å². The average Bonchev–Trinajstić information content (AvgIpc) is 2.76. The second-order valence-electron chi connectivity index (χ2n) is 7.06. The van der Waals surface area contributed by atoms with E-state index in [2.05, 4.69) is 5.32 Å². The van der Waals surface area contributed by atoms with E-state index in [1.165, 1.54) is 13.2 Å². The van der Waals surface area contributed by atoms with E-state index in [-0.39, 0.29) is 17.0 Å². The van der Waals surface area contributed by atoms with Gasteiger partial charge < -0.3 is 15.2 Å². The second-order valence-corrected chi connectivity index (χ2v) is 7.87. The molecule has 0 aliphatic rings. The van der Waals surface area contributed by atoms with Gasteiger partial charge in [0.1, 0.15) is 0 Å². The van der Waals surface area contributed by atoms with E-state index in [1.807, 2.05) is 36.4 Å². The zero-order valence-corrected chi connectivity index (χ0v) is 18.6. The largest absolute Gasteiger partial charge is 0.490 e. The fraction of sp³-hybridized carbons (Fsp3) is 0.174. The number of hydrogen-bond donors (Lipinski definition) is 2. The number of nitro groups is 1. The van der Waals surface area contributed by atoms with Gasteiger partial charge in [-0.1, -0.05) is 41.4 Å². The van der Waals surface area contributed by atoms with Crippen LogP contribution in [0.15, 0.2) is 54.6 Å². The maximum Gasteiger partial charge on any atom is 0.338 e. The maximum absolute atomic E-state index is 11.6. The summed E-state index contributed by atoms with van der Waals surface area (Å²) in [4.78, 5) is 22.1. The highest BCUT2D eigenvalue weighted by atomic mass is 35.5. The smallest absolute Gasteiger partial charge is 0.338 e. The number of anilines is 2. The maximum atomic E-state index is 11.6. The van der Waals surface area contributed by atoms with Crippen LogP contribution in [0.4, 0.5) is 17.1 Å². The Morgan fingerprint density at radius 1 is 1.03 bits per heavy atom. The Balaban J connectivity index is 1.69. The van der Waals surface area contributed by atoms with Crippen molar-refractivity contribution in [3.8, 4) is 5.75 Å². The van der Waals surface area contributed by atoms with Gasteiger partial charge in [0.25, 0.3) is 0 Å². The van der Waals surface area contributed by atoms with E-state index in [0.29, 0.717) is 15.7 Å². The summed E-state index contributed by atoms with van der Waals surface area (Å²) in [5.74, 6) is -1.31. The number of carbonyl (C=O) groups is 1. The van der Waals surface area contributed by atoms with Crippen molar-refractivity contribution in [2.24, 2.45) is 0 Å². The van der Waals surface area contributed by atoms with Gasteiger partial charge in [-0.05, 0) is 54.7 Å². The van der Waals surface area contributed by atoms with Gasteiger partial charge in [-0.15, -0.1) is 0 Å². The number of aryl methyl sites for hydroxylation is 2. The van der Waals surface area contributed by atoms with Gasteiger partial charge in [0.05, 0.1) is 33.3 Å². The highest BCUT2D eigenvalue weighted by Crippen LogP contribution is 2.34. The second kappa shape index (κ2) is 10.3. The van der Waals surface area contributed by atoms with E-state index in [9.17, 15) is 20.0 Å². The fourth-order valence-corrected chi connectivity index (χ4v) is 3.58. The zero-order valence-electron chi connectivity index (χ0n) is 17.1. The van der Waals surface area contributed by atoms with E-state index < -0.39 is 16.6 Å². The Kier molecular flexibility index (Phi) is 7.56. The number of benzene rings is 3. The Morgan fingerprint density at radius 2 is 1.69 bits per heavy atom. The molecule has 0 aliphatic carbocycles. The van der Waals surface area contributed by atoms with Gasteiger partial charge in [0.2, 0.25) is 0 Å². The predicted octanol–water partition coefficient (Wildman–Crippen LogP) is 6.53. The molecular weight excluding hydrogens is 455 g/mol. The molecule has 0 spiro atoms. The number of hydrogen-bond acceptors (Lipinski definition) is 5. The van der Waals surface area contributed by atoms with Crippen LogP contribution < -0.4 is 10.1 Å². The third-order valence-electron chi connectivity index (χ3n) is 4.89. The molecule has 0 saturated carbocycles. The van der Waals surface area contributed by atoms with Crippen LogP contribution >= 0.6 is 23.2 Å². The molecule has 0 aliphatic heterocycles. The van der Waals surface area contributed by atoms with Crippen molar-refractivity contribution in [3.63, 3.8) is 0 Å². The molecule has 0 aromatic heterocycles. The summed E-state index contributed by atoms with van der Waals surface area (Å²) in [6.45, 7) is 0. The van der Waals surface area contributed by atoms with Crippen LogP contribution in [0.25, 0.3) is 0 Å². The van der Waals surface area contributed by atoms with Gasteiger partial charge in [-0.2, -0.15) is 0 Å². The molecule has 2 N–H and O–H groups in total. The number of carboxylic acid groups (broad SMARTS) is 1. The van der Waals surface area contributed by atoms with Crippen LogP contribution in [-0.2, 0) is 12.8 Å². The monoisotopic (exact) mass is 474 g/mol. The van der Waals surface area contributed by atoms with Crippen LogP contribution in [0.5, 0.6) is 5.75 Å². The van der Waals surface area contributed by atoms with Crippen molar-refractivity contribution < 1.29 is 19.6 Å². The van der Waals surface area contributed by atoms with Crippen molar-refractivity contribution in [3.05, 3.63) is 91.4 Å². The summed E-state index contributed by atoms with van der Waals surface area (Å²) in [5, 5.41) is 24.7. The molecule has 166 valence electrons. The quantitative estimate of drug-likeness (QED) is 0.270. The van der Waals surface area contributed by atoms with Crippen molar-refractivity contribution in [2.45, 2.75) is 19.3 Å². The summed E-state index contributed by atoms with van der Waals surface area (Å²) < 4.78 is 5.04. The van der Waals surface area contributed by atoms with Crippen LogP contribution in [0.1, 0.15) is 27.9 Å². The van der Waals surface area contributed by atoms with Gasteiger partial charge >= 0.3 is 11.7 Å². The molecule has 3 aromatic rings. The Labute approximate surface area is 194 Å². The van der Waals surface area contributed by atoms with E-state index in [4.69, 9.17) is 27.9 Å². The number of nitro benzene ring substituents is 1. The fourth-order valence-electron chi connectivity index (χ4n) is 3.26. The number of nitrogens with zero attached hydrogens (tertiary/aromatic N) is 1. The number of nitrogens with one attached hydrogen (secondary N) is 1. The van der Waals surface area contributed by atoms with Gasteiger partial charge in [-0.3, -0.25) is 10.1 Å². The van der Waals surface area contributed by atoms with Crippen LogP contribution in [0, 0.1) is 10.1 Å². The normalized spacial score (nSPS) is 10.6. The summed E-state index contributed by atoms with van der Waals surface area (Å²) in [5.41, 5.74) is 2.46. The van der Waals surface area contributed by atoms with Crippen molar-refractivity contribution >= 4 is 46.2 Å². The zero-order chi connectivity index (χ0) is 23.3. The minimum absolute atomic E-state index is 0.0265. The molecule has 0 saturated heterocycles. The third kappa shape index (κ3) is 5.69. The van der Waals surface area contributed by atoms with Crippen molar-refractivity contribution in [1.29, 1.82) is 0 Å². The Morgan fingerprint density at radius 3 is 2.28 bits per heavy atom. The van der Waals surface area contributed by atoms with Crippen LogP contribution in [0.3, 0.4) is 0 Å². The summed E-state index contributed by atoms with van der Waals surface area (Å²) in [7, 11) is 1.29. The van der Waals surface area contributed by atoms with E-state index >= 15 is 0 Å². The number of methoxy groups -OCH3 is 1. The molecule has 32 heavy (non-hydrogen) atoms. The standard InChI is InChI=1S/C23H20Cl2N2O5/c1-32-22-13-20(17(23(28)29)12-21(22)27(30)31)26-16-8-5-14(6-9-16)3-2-4-15-7-10-18(24)19(25)11-15/h5-13,26H,2-4H2,1H3,(H,28,29). The predicted molar refractivity (Wildman–Crippen MR) is 125 cm³/mol. The molecule has 0 amide bonds. The Hall–Kier alpha value is -3.29.